The molecule has 1 rings (SSSR count). The molecule has 0 aromatic heterocycles. The molecule has 0 amide bonds. The van der Waals surface area contributed by atoms with Gasteiger partial charge in [-0.25, -0.2) is 0 Å². The van der Waals surface area contributed by atoms with E-state index in [0.717, 1.165) is 6.42 Å². The highest BCUT2D eigenvalue weighted by molar-refractivity contribution is 5.98. The SMILES string of the molecule is CCCOc1ccc(C(=O)CCC(=O)O)cc1OC. The molecular weight excluding hydrogens is 248 g/mol. The van der Waals surface area contributed by atoms with Gasteiger partial charge in [-0.2, -0.15) is 0 Å². The van der Waals surface area contributed by atoms with E-state index in [4.69, 9.17) is 14.6 Å². The summed E-state index contributed by atoms with van der Waals surface area (Å²) in [5, 5.41) is 8.55. The maximum absolute atomic E-state index is 11.8. The van der Waals surface area contributed by atoms with Gasteiger partial charge in [0.05, 0.1) is 20.1 Å². The number of aliphatic carboxylic acids is 1. The fourth-order valence-electron chi connectivity index (χ4n) is 1.54. The molecule has 0 aliphatic heterocycles. The second kappa shape index (κ2) is 7.41. The molecule has 5 heteroatoms. The van der Waals surface area contributed by atoms with Crippen LogP contribution in [0.2, 0.25) is 0 Å². The molecule has 1 aromatic carbocycles. The van der Waals surface area contributed by atoms with Gasteiger partial charge < -0.3 is 14.6 Å². The fourth-order valence-corrected chi connectivity index (χ4v) is 1.54. The van der Waals surface area contributed by atoms with Gasteiger partial charge in [0.1, 0.15) is 0 Å². The second-order valence-electron chi connectivity index (χ2n) is 4.03. The smallest absolute Gasteiger partial charge is 0.303 e. The van der Waals surface area contributed by atoms with Crippen molar-refractivity contribution in [3.05, 3.63) is 23.8 Å². The van der Waals surface area contributed by atoms with Gasteiger partial charge in [-0.1, -0.05) is 6.92 Å². The highest BCUT2D eigenvalue weighted by Crippen LogP contribution is 2.28. The monoisotopic (exact) mass is 266 g/mol. The molecule has 0 aliphatic rings. The molecule has 0 atom stereocenters. The predicted molar refractivity (Wildman–Crippen MR) is 70.0 cm³/mol. The van der Waals surface area contributed by atoms with Crippen LogP contribution >= 0.6 is 0 Å². The van der Waals surface area contributed by atoms with Crippen molar-refractivity contribution in [1.29, 1.82) is 0 Å². The molecule has 0 heterocycles. The van der Waals surface area contributed by atoms with Crippen molar-refractivity contribution in [3.8, 4) is 11.5 Å². The van der Waals surface area contributed by atoms with Crippen LogP contribution < -0.4 is 9.47 Å². The van der Waals surface area contributed by atoms with E-state index in [2.05, 4.69) is 0 Å². The lowest BCUT2D eigenvalue weighted by Gasteiger charge is -2.11. The lowest BCUT2D eigenvalue weighted by Crippen LogP contribution is -2.05. The van der Waals surface area contributed by atoms with E-state index < -0.39 is 5.97 Å². The Labute approximate surface area is 112 Å². The van der Waals surface area contributed by atoms with Crippen molar-refractivity contribution < 1.29 is 24.2 Å². The van der Waals surface area contributed by atoms with Gasteiger partial charge in [-0.15, -0.1) is 0 Å². The third-order valence-corrected chi connectivity index (χ3v) is 2.51. The number of methoxy groups -OCH3 is 1. The first-order chi connectivity index (χ1) is 9.08. The summed E-state index contributed by atoms with van der Waals surface area (Å²) in [7, 11) is 1.50. The Bertz CT molecular complexity index is 453. The molecule has 104 valence electrons. The minimum atomic E-state index is -0.983. The van der Waals surface area contributed by atoms with Gasteiger partial charge >= 0.3 is 5.97 Å². The Morgan fingerprint density at radius 2 is 1.95 bits per heavy atom. The zero-order valence-electron chi connectivity index (χ0n) is 11.1. The van der Waals surface area contributed by atoms with Crippen LogP contribution in [0.5, 0.6) is 11.5 Å². The van der Waals surface area contributed by atoms with Crippen molar-refractivity contribution in [2.24, 2.45) is 0 Å². The van der Waals surface area contributed by atoms with Gasteiger partial charge in [0.15, 0.2) is 17.3 Å². The minimum Gasteiger partial charge on any atom is -0.493 e. The second-order valence-corrected chi connectivity index (χ2v) is 4.03. The molecule has 0 spiro atoms. The molecule has 0 radical (unpaired) electrons. The lowest BCUT2D eigenvalue weighted by atomic mass is 10.1. The van der Waals surface area contributed by atoms with Gasteiger partial charge in [-0.3, -0.25) is 9.59 Å². The van der Waals surface area contributed by atoms with Crippen LogP contribution in [0, 0.1) is 0 Å². The van der Waals surface area contributed by atoms with Gasteiger partial charge in [-0.05, 0) is 24.6 Å². The summed E-state index contributed by atoms with van der Waals surface area (Å²) in [4.78, 5) is 22.2. The van der Waals surface area contributed by atoms with Gasteiger partial charge in [0.25, 0.3) is 0 Å². The highest BCUT2D eigenvalue weighted by Gasteiger charge is 2.12. The number of benzene rings is 1. The largest absolute Gasteiger partial charge is 0.493 e. The van der Waals surface area contributed by atoms with E-state index >= 15 is 0 Å². The predicted octanol–water partition coefficient (Wildman–Crippen LogP) is 2.53. The number of Topliss-reactive ketones (excluding diaryl/α,β-unsaturated/α-hetero) is 1. The van der Waals surface area contributed by atoms with E-state index in [0.29, 0.717) is 23.7 Å². The van der Waals surface area contributed by atoms with E-state index in [9.17, 15) is 9.59 Å². The molecule has 1 N–H and O–H groups in total. The summed E-state index contributed by atoms with van der Waals surface area (Å²) in [5.74, 6) is -0.139. The summed E-state index contributed by atoms with van der Waals surface area (Å²) in [6, 6.07) is 4.87. The molecule has 0 aliphatic carbocycles. The van der Waals surface area contributed by atoms with Crippen LogP contribution in [0.25, 0.3) is 0 Å². The molecule has 0 saturated carbocycles. The van der Waals surface area contributed by atoms with Gasteiger partial charge in [0.2, 0.25) is 0 Å². The van der Waals surface area contributed by atoms with E-state index in [1.54, 1.807) is 18.2 Å². The van der Waals surface area contributed by atoms with Crippen molar-refractivity contribution >= 4 is 11.8 Å². The van der Waals surface area contributed by atoms with Crippen LogP contribution in [0.4, 0.5) is 0 Å². The number of carbonyl (C=O) groups is 2. The van der Waals surface area contributed by atoms with E-state index in [1.807, 2.05) is 6.92 Å². The van der Waals surface area contributed by atoms with E-state index in [-0.39, 0.29) is 18.6 Å². The van der Waals surface area contributed by atoms with E-state index in [1.165, 1.54) is 7.11 Å². The standard InChI is InChI=1S/C14H18O5/c1-3-8-19-12-6-4-10(9-13(12)18-2)11(15)5-7-14(16)17/h4,6,9H,3,5,7-8H2,1-2H3,(H,16,17). The number of carboxylic acid groups (broad SMARTS) is 1. The number of hydrogen-bond acceptors (Lipinski definition) is 4. The Morgan fingerprint density at radius 1 is 1.21 bits per heavy atom. The van der Waals surface area contributed by atoms with Crippen LogP contribution in [0.1, 0.15) is 36.5 Å². The number of carboxylic acids is 1. The maximum atomic E-state index is 11.8. The Balaban J connectivity index is 2.80. The molecule has 1 aromatic rings. The first-order valence-corrected chi connectivity index (χ1v) is 6.14. The zero-order valence-corrected chi connectivity index (χ0v) is 11.1. The molecule has 0 saturated heterocycles. The summed E-state index contributed by atoms with van der Waals surface area (Å²) in [6.45, 7) is 2.57. The molecule has 0 bridgehead atoms. The molecule has 5 nitrogen and oxygen atoms in total. The van der Waals surface area contributed by atoms with Crippen molar-refractivity contribution in [2.45, 2.75) is 26.2 Å². The fraction of sp³-hybridized carbons (Fsp3) is 0.429. The zero-order chi connectivity index (χ0) is 14.3. The maximum Gasteiger partial charge on any atom is 0.303 e. The molecule has 19 heavy (non-hydrogen) atoms. The first-order valence-electron chi connectivity index (χ1n) is 6.14. The Kier molecular flexibility index (Phi) is 5.85. The number of hydrogen-bond donors (Lipinski definition) is 1. The summed E-state index contributed by atoms with van der Waals surface area (Å²) < 4.78 is 10.6. The van der Waals surface area contributed by atoms with Crippen LogP contribution in [-0.4, -0.2) is 30.6 Å². The summed E-state index contributed by atoms with van der Waals surface area (Å²) in [6.07, 6.45) is 0.686. The minimum absolute atomic E-state index is 0.0202. The van der Waals surface area contributed by atoms with Crippen LogP contribution in [0.3, 0.4) is 0 Å². The topological polar surface area (TPSA) is 72.8 Å². The lowest BCUT2D eigenvalue weighted by molar-refractivity contribution is -0.136. The average Bonchev–Trinajstić information content (AvgIpc) is 2.42. The summed E-state index contributed by atoms with van der Waals surface area (Å²) in [5.41, 5.74) is 0.432. The van der Waals surface area contributed by atoms with Crippen molar-refractivity contribution in [1.82, 2.24) is 0 Å². The van der Waals surface area contributed by atoms with Gasteiger partial charge in [0, 0.05) is 12.0 Å². The van der Waals surface area contributed by atoms with Crippen LogP contribution in [0.15, 0.2) is 18.2 Å². The average molecular weight is 266 g/mol. The number of ketones is 1. The molecular formula is C14H18O5. The number of carbonyl (C=O) groups excluding carboxylic acids is 1. The molecule has 0 unspecified atom stereocenters. The quantitative estimate of drug-likeness (QED) is 0.732. The Morgan fingerprint density at radius 3 is 2.53 bits per heavy atom. The van der Waals surface area contributed by atoms with Crippen LogP contribution in [-0.2, 0) is 4.79 Å². The highest BCUT2D eigenvalue weighted by atomic mass is 16.5. The Hall–Kier alpha value is -2.04. The third kappa shape index (κ3) is 4.62. The van der Waals surface area contributed by atoms with Crippen molar-refractivity contribution in [3.63, 3.8) is 0 Å². The third-order valence-electron chi connectivity index (χ3n) is 2.51. The normalized spacial score (nSPS) is 10.0. The first kappa shape index (κ1) is 15.0. The number of rotatable bonds is 8. The van der Waals surface area contributed by atoms with Crippen molar-refractivity contribution in [2.75, 3.05) is 13.7 Å². The number of ether oxygens (including phenoxy) is 2. The molecule has 0 fully saturated rings. The summed E-state index contributed by atoms with van der Waals surface area (Å²) >= 11 is 0.